The fourth-order valence-electron chi connectivity index (χ4n) is 3.26. The topological polar surface area (TPSA) is 71.8 Å². The number of benzene rings is 3. The van der Waals surface area contributed by atoms with Gasteiger partial charge in [0, 0.05) is 9.26 Å². The Morgan fingerprint density at radius 2 is 1.78 bits per heavy atom. The smallest absolute Gasteiger partial charge is 0.258 e. The maximum Gasteiger partial charge on any atom is 0.258 e. The average molecular weight is 555 g/mol. The summed E-state index contributed by atoms with van der Waals surface area (Å²) in [6.07, 6.45) is 3.45. The highest BCUT2D eigenvalue weighted by molar-refractivity contribution is 14.1. The number of rotatable bonds is 6. The van der Waals surface area contributed by atoms with E-state index in [1.54, 1.807) is 10.9 Å². The predicted molar refractivity (Wildman–Crippen MR) is 140 cm³/mol. The molecule has 6 nitrogen and oxygen atoms in total. The van der Waals surface area contributed by atoms with Gasteiger partial charge >= 0.3 is 0 Å². The van der Waals surface area contributed by atoms with Gasteiger partial charge in [-0.2, -0.15) is 4.80 Å². The van der Waals surface area contributed by atoms with Gasteiger partial charge in [0.25, 0.3) is 5.91 Å². The molecule has 32 heavy (non-hydrogen) atoms. The van der Waals surface area contributed by atoms with Crippen molar-refractivity contribution in [2.24, 2.45) is 0 Å². The van der Waals surface area contributed by atoms with Crippen LogP contribution in [0.5, 0.6) is 0 Å². The zero-order valence-electron chi connectivity index (χ0n) is 17.5. The maximum atomic E-state index is 12.5. The van der Waals surface area contributed by atoms with Crippen molar-refractivity contribution in [3.8, 4) is 5.69 Å². The molecule has 0 atom stereocenters. The first-order chi connectivity index (χ1) is 15.5. The van der Waals surface area contributed by atoms with Crippen molar-refractivity contribution in [1.29, 1.82) is 0 Å². The van der Waals surface area contributed by atoms with Crippen molar-refractivity contribution >= 4 is 62.5 Å². The number of amides is 1. The molecule has 0 saturated heterocycles. The highest BCUT2D eigenvalue weighted by Crippen LogP contribution is 2.18. The van der Waals surface area contributed by atoms with Crippen LogP contribution in [-0.2, 0) is 6.42 Å². The summed E-state index contributed by atoms with van der Waals surface area (Å²) in [5.74, 6) is -0.248. The molecule has 0 aliphatic rings. The minimum Gasteiger partial charge on any atom is -0.332 e. The molecule has 2 N–H and O–H groups in total. The molecule has 0 unspecified atom stereocenters. The van der Waals surface area contributed by atoms with Gasteiger partial charge in [-0.1, -0.05) is 37.6 Å². The van der Waals surface area contributed by atoms with Crippen LogP contribution < -0.4 is 10.6 Å². The fourth-order valence-corrected chi connectivity index (χ4v) is 4.11. The second-order valence-electron chi connectivity index (χ2n) is 7.35. The summed E-state index contributed by atoms with van der Waals surface area (Å²) in [6.45, 7) is 2.20. The molecule has 8 heteroatoms. The lowest BCUT2D eigenvalue weighted by Crippen LogP contribution is -2.34. The largest absolute Gasteiger partial charge is 0.332 e. The van der Waals surface area contributed by atoms with E-state index in [2.05, 4.69) is 62.5 Å². The van der Waals surface area contributed by atoms with E-state index < -0.39 is 0 Å². The van der Waals surface area contributed by atoms with Crippen LogP contribution in [0.2, 0.25) is 0 Å². The Kier molecular flexibility index (Phi) is 7.11. The molecule has 0 aliphatic carbocycles. The highest BCUT2D eigenvalue weighted by atomic mass is 127. The molecule has 1 heterocycles. The van der Waals surface area contributed by atoms with Crippen molar-refractivity contribution in [2.45, 2.75) is 26.2 Å². The Hall–Kier alpha value is -2.85. The number of hydrogen-bond acceptors (Lipinski definition) is 4. The van der Waals surface area contributed by atoms with Gasteiger partial charge in [0.05, 0.1) is 11.3 Å². The van der Waals surface area contributed by atoms with Gasteiger partial charge in [-0.05, 0) is 95.7 Å². The average Bonchev–Trinajstić information content (AvgIpc) is 3.21. The number of thiocarbonyl (C=S) groups is 1. The Morgan fingerprint density at radius 3 is 2.53 bits per heavy atom. The van der Waals surface area contributed by atoms with Crippen molar-refractivity contribution in [3.05, 3.63) is 81.4 Å². The number of carbonyl (C=O) groups excluding carboxylic acids is 1. The number of aryl methyl sites for hydroxylation is 1. The van der Waals surface area contributed by atoms with Crippen molar-refractivity contribution < 1.29 is 4.79 Å². The molecule has 0 spiro atoms. The summed E-state index contributed by atoms with van der Waals surface area (Å²) in [6, 6.07) is 21.3. The van der Waals surface area contributed by atoms with Crippen molar-refractivity contribution in [2.75, 3.05) is 5.32 Å². The van der Waals surface area contributed by atoms with E-state index in [-0.39, 0.29) is 11.0 Å². The Balaban J connectivity index is 1.45. The molecule has 0 bridgehead atoms. The second kappa shape index (κ2) is 10.2. The molecule has 4 aromatic rings. The van der Waals surface area contributed by atoms with Gasteiger partial charge < -0.3 is 5.32 Å². The standard InChI is InChI=1S/C24H22IN5OS/c1-2-3-6-16-9-12-18(13-10-16)30-28-21-14-11-17(15-22(21)29-30)26-24(32)27-23(31)19-7-4-5-8-20(19)25/h4-5,7-15H,2-3,6H2,1H3,(H2,26,27,31,32). The third kappa shape index (κ3) is 5.31. The number of halogens is 1. The van der Waals surface area contributed by atoms with Gasteiger partial charge in [0.1, 0.15) is 11.0 Å². The van der Waals surface area contributed by atoms with Gasteiger partial charge in [-0.15, -0.1) is 10.2 Å². The number of hydrogen-bond donors (Lipinski definition) is 2. The van der Waals surface area contributed by atoms with Crippen molar-refractivity contribution in [1.82, 2.24) is 20.3 Å². The second-order valence-corrected chi connectivity index (χ2v) is 8.92. The van der Waals surface area contributed by atoms with E-state index in [1.807, 2.05) is 48.5 Å². The Labute approximate surface area is 205 Å². The quantitative estimate of drug-likeness (QED) is 0.243. The molecule has 0 saturated carbocycles. The van der Waals surface area contributed by atoms with Crippen LogP contribution in [0.15, 0.2) is 66.7 Å². The zero-order valence-corrected chi connectivity index (χ0v) is 20.5. The van der Waals surface area contributed by atoms with Gasteiger partial charge in [0.2, 0.25) is 0 Å². The monoisotopic (exact) mass is 555 g/mol. The molecular formula is C24H22IN5OS. The lowest BCUT2D eigenvalue weighted by Gasteiger charge is -2.10. The van der Waals surface area contributed by atoms with Crippen LogP contribution in [0.25, 0.3) is 16.7 Å². The highest BCUT2D eigenvalue weighted by Gasteiger charge is 2.12. The lowest BCUT2D eigenvalue weighted by molar-refractivity contribution is 0.0977. The number of carbonyl (C=O) groups is 1. The summed E-state index contributed by atoms with van der Waals surface area (Å²) in [5, 5.41) is 15.2. The molecular weight excluding hydrogens is 533 g/mol. The molecule has 4 rings (SSSR count). The third-order valence-corrected chi connectivity index (χ3v) is 6.11. The van der Waals surface area contributed by atoms with Crippen LogP contribution in [0.1, 0.15) is 35.7 Å². The first-order valence-corrected chi connectivity index (χ1v) is 11.9. The minimum absolute atomic E-state index is 0.226. The van der Waals surface area contributed by atoms with E-state index in [4.69, 9.17) is 12.2 Å². The minimum atomic E-state index is -0.248. The van der Waals surface area contributed by atoms with E-state index in [9.17, 15) is 4.79 Å². The van der Waals surface area contributed by atoms with Crippen LogP contribution in [0.3, 0.4) is 0 Å². The normalized spacial score (nSPS) is 10.8. The van der Waals surface area contributed by atoms with Gasteiger partial charge in [0.15, 0.2) is 5.11 Å². The lowest BCUT2D eigenvalue weighted by atomic mass is 10.1. The Bertz CT molecular complexity index is 1270. The van der Waals surface area contributed by atoms with Crippen molar-refractivity contribution in [3.63, 3.8) is 0 Å². The van der Waals surface area contributed by atoms with Crippen LogP contribution in [0, 0.1) is 3.57 Å². The van der Waals surface area contributed by atoms with Crippen LogP contribution in [0.4, 0.5) is 5.69 Å². The molecule has 0 aliphatic heterocycles. The van der Waals surface area contributed by atoms with E-state index in [1.165, 1.54) is 18.4 Å². The summed E-state index contributed by atoms with van der Waals surface area (Å²) < 4.78 is 0.863. The first-order valence-electron chi connectivity index (χ1n) is 10.4. The van der Waals surface area contributed by atoms with Gasteiger partial charge in [-0.3, -0.25) is 10.1 Å². The predicted octanol–water partition coefficient (Wildman–Crippen LogP) is 5.49. The zero-order chi connectivity index (χ0) is 22.5. The van der Waals surface area contributed by atoms with Gasteiger partial charge in [-0.25, -0.2) is 0 Å². The third-order valence-electron chi connectivity index (χ3n) is 4.97. The number of aromatic nitrogens is 3. The first kappa shape index (κ1) is 22.3. The van der Waals surface area contributed by atoms with Crippen LogP contribution in [-0.4, -0.2) is 26.0 Å². The SMILES string of the molecule is CCCCc1ccc(-n2nc3ccc(NC(=S)NC(=O)c4ccccc4I)cc3n2)cc1. The molecule has 0 radical (unpaired) electrons. The summed E-state index contributed by atoms with van der Waals surface area (Å²) in [5.41, 5.74) is 5.05. The summed E-state index contributed by atoms with van der Waals surface area (Å²) in [7, 11) is 0. The Morgan fingerprint density at radius 1 is 1.03 bits per heavy atom. The number of nitrogens with one attached hydrogen (secondary N) is 2. The molecule has 162 valence electrons. The molecule has 1 aromatic heterocycles. The van der Waals surface area contributed by atoms with E-state index in [0.29, 0.717) is 5.56 Å². The maximum absolute atomic E-state index is 12.5. The fraction of sp³-hybridized carbons (Fsp3) is 0.167. The molecule has 3 aromatic carbocycles. The summed E-state index contributed by atoms with van der Waals surface area (Å²) >= 11 is 7.44. The van der Waals surface area contributed by atoms with E-state index >= 15 is 0 Å². The molecule has 0 fully saturated rings. The van der Waals surface area contributed by atoms with E-state index in [0.717, 1.165) is 32.4 Å². The van der Waals surface area contributed by atoms with Crippen LogP contribution >= 0.6 is 34.8 Å². The molecule has 1 amide bonds. The number of fused-ring (bicyclic) bond motifs is 1. The number of nitrogens with zero attached hydrogens (tertiary/aromatic N) is 3. The number of anilines is 1. The number of unbranched alkanes of at least 4 members (excludes halogenated alkanes) is 1. The summed E-state index contributed by atoms with van der Waals surface area (Å²) in [4.78, 5) is 14.1.